The summed E-state index contributed by atoms with van der Waals surface area (Å²) in [6, 6.07) is 13.6. The van der Waals surface area contributed by atoms with Crippen molar-refractivity contribution in [2.45, 2.75) is 11.4 Å². The molecule has 0 saturated carbocycles. The number of amides is 1. The molecule has 0 atom stereocenters. The zero-order valence-electron chi connectivity index (χ0n) is 14.9. The number of fused-ring (bicyclic) bond motifs is 1. The molecule has 26 heavy (non-hydrogen) atoms. The van der Waals surface area contributed by atoms with E-state index in [9.17, 15) is 4.79 Å². The van der Waals surface area contributed by atoms with E-state index < -0.39 is 0 Å². The fourth-order valence-electron chi connectivity index (χ4n) is 2.63. The van der Waals surface area contributed by atoms with Gasteiger partial charge in [-0.1, -0.05) is 23.5 Å². The molecule has 0 aliphatic heterocycles. The van der Waals surface area contributed by atoms with Gasteiger partial charge in [0, 0.05) is 17.2 Å². The van der Waals surface area contributed by atoms with Gasteiger partial charge in [-0.3, -0.25) is 4.79 Å². The van der Waals surface area contributed by atoms with Gasteiger partial charge < -0.3 is 9.30 Å². The van der Waals surface area contributed by atoms with Crippen LogP contribution in [0.1, 0.15) is 10.4 Å². The third kappa shape index (κ3) is 4.00. The molecule has 0 bridgehead atoms. The van der Waals surface area contributed by atoms with Crippen LogP contribution < -0.4 is 9.54 Å². The van der Waals surface area contributed by atoms with Crippen molar-refractivity contribution in [1.82, 2.24) is 4.57 Å². The maximum absolute atomic E-state index is 12.8. The monoisotopic (exact) mass is 404 g/mol. The Bertz CT molecular complexity index is 992. The summed E-state index contributed by atoms with van der Waals surface area (Å²) in [5.41, 5.74) is 1.72. The standard InChI is InChI=1S/C19H20N2O2S3/c1-23-13-8-9-15-17(12-13)26-19(21(15)10-11-24-2)20-18(22)14-6-4-5-7-16(14)25-3/h4-9,12H,10-11H2,1-3H3. The van der Waals surface area contributed by atoms with E-state index in [0.29, 0.717) is 5.56 Å². The second-order valence-corrected chi connectivity index (χ2v) is 8.32. The highest BCUT2D eigenvalue weighted by Gasteiger charge is 2.12. The molecule has 0 aliphatic rings. The molecule has 1 heterocycles. The second-order valence-electron chi connectivity index (χ2n) is 5.48. The topological polar surface area (TPSA) is 43.6 Å². The van der Waals surface area contributed by atoms with Gasteiger partial charge in [0.05, 0.1) is 22.9 Å². The molecular formula is C19H20N2O2S3. The molecule has 0 spiro atoms. The molecule has 4 nitrogen and oxygen atoms in total. The Balaban J connectivity index is 2.12. The highest BCUT2D eigenvalue weighted by Crippen LogP contribution is 2.24. The van der Waals surface area contributed by atoms with Crippen molar-refractivity contribution in [2.24, 2.45) is 4.99 Å². The molecule has 3 rings (SSSR count). The van der Waals surface area contributed by atoms with E-state index in [-0.39, 0.29) is 5.91 Å². The van der Waals surface area contributed by atoms with Crippen LogP contribution in [-0.2, 0) is 6.54 Å². The number of hydrogen-bond acceptors (Lipinski definition) is 5. The maximum atomic E-state index is 12.8. The Morgan fingerprint density at radius 3 is 2.77 bits per heavy atom. The van der Waals surface area contributed by atoms with Crippen molar-refractivity contribution in [1.29, 1.82) is 0 Å². The summed E-state index contributed by atoms with van der Waals surface area (Å²) in [6.07, 6.45) is 4.05. The summed E-state index contributed by atoms with van der Waals surface area (Å²) >= 11 is 4.85. The van der Waals surface area contributed by atoms with Gasteiger partial charge in [-0.2, -0.15) is 16.8 Å². The van der Waals surface area contributed by atoms with E-state index in [2.05, 4.69) is 15.8 Å². The van der Waals surface area contributed by atoms with Crippen molar-refractivity contribution in [3.8, 4) is 5.75 Å². The van der Waals surface area contributed by atoms with E-state index in [4.69, 9.17) is 4.74 Å². The number of carbonyl (C=O) groups is 1. The van der Waals surface area contributed by atoms with E-state index in [1.807, 2.05) is 48.7 Å². The van der Waals surface area contributed by atoms with Gasteiger partial charge in [0.25, 0.3) is 5.91 Å². The third-order valence-electron chi connectivity index (χ3n) is 3.94. The highest BCUT2D eigenvalue weighted by molar-refractivity contribution is 7.98. The summed E-state index contributed by atoms with van der Waals surface area (Å²) in [6.45, 7) is 0.809. The van der Waals surface area contributed by atoms with E-state index in [0.717, 1.165) is 38.0 Å². The molecule has 0 fully saturated rings. The number of carbonyl (C=O) groups excluding carboxylic acids is 1. The lowest BCUT2D eigenvalue weighted by molar-refractivity contribution is 0.0995. The predicted molar refractivity (Wildman–Crippen MR) is 113 cm³/mol. The number of ether oxygens (including phenoxy) is 1. The molecule has 0 N–H and O–H groups in total. The zero-order chi connectivity index (χ0) is 18.5. The minimum absolute atomic E-state index is 0.202. The maximum Gasteiger partial charge on any atom is 0.280 e. The fraction of sp³-hybridized carbons (Fsp3) is 0.263. The van der Waals surface area contributed by atoms with Crippen molar-refractivity contribution in [3.63, 3.8) is 0 Å². The highest BCUT2D eigenvalue weighted by atomic mass is 32.2. The largest absolute Gasteiger partial charge is 0.497 e. The van der Waals surface area contributed by atoms with Gasteiger partial charge >= 0.3 is 0 Å². The van der Waals surface area contributed by atoms with Gasteiger partial charge in [-0.05, 0) is 42.8 Å². The number of benzene rings is 2. The SMILES string of the molecule is COc1ccc2c(c1)sc(=NC(=O)c1ccccc1SC)n2CCSC. The Kier molecular flexibility index (Phi) is 6.45. The number of methoxy groups -OCH3 is 1. The molecular weight excluding hydrogens is 384 g/mol. The number of rotatable bonds is 6. The zero-order valence-corrected chi connectivity index (χ0v) is 17.3. The van der Waals surface area contributed by atoms with Crippen molar-refractivity contribution >= 4 is 51.0 Å². The van der Waals surface area contributed by atoms with Crippen LogP contribution in [0.4, 0.5) is 0 Å². The van der Waals surface area contributed by atoms with Crippen LogP contribution in [0.2, 0.25) is 0 Å². The number of thioether (sulfide) groups is 2. The van der Waals surface area contributed by atoms with Gasteiger partial charge in [0.2, 0.25) is 0 Å². The first-order chi connectivity index (χ1) is 12.7. The predicted octanol–water partition coefficient (Wildman–Crippen LogP) is 4.54. The molecule has 1 amide bonds. The Hall–Kier alpha value is -1.70. The molecule has 0 unspecified atom stereocenters. The van der Waals surface area contributed by atoms with Crippen LogP contribution >= 0.6 is 34.9 Å². The van der Waals surface area contributed by atoms with E-state index in [1.165, 1.54) is 11.3 Å². The van der Waals surface area contributed by atoms with Crippen molar-refractivity contribution < 1.29 is 9.53 Å². The first-order valence-electron chi connectivity index (χ1n) is 8.06. The summed E-state index contributed by atoms with van der Waals surface area (Å²) in [4.78, 5) is 18.9. The summed E-state index contributed by atoms with van der Waals surface area (Å²) in [5, 5.41) is 0. The molecule has 0 saturated heterocycles. The lowest BCUT2D eigenvalue weighted by Gasteiger charge is -2.05. The first kappa shape index (κ1) is 19.1. The molecule has 1 aromatic heterocycles. The van der Waals surface area contributed by atoms with Gasteiger partial charge in [-0.15, -0.1) is 11.8 Å². The van der Waals surface area contributed by atoms with Gasteiger partial charge in [0.15, 0.2) is 4.80 Å². The van der Waals surface area contributed by atoms with Crippen LogP contribution in [-0.4, -0.2) is 35.8 Å². The van der Waals surface area contributed by atoms with Gasteiger partial charge in [-0.25, -0.2) is 0 Å². The minimum Gasteiger partial charge on any atom is -0.497 e. The summed E-state index contributed by atoms with van der Waals surface area (Å²) in [7, 11) is 1.66. The molecule has 7 heteroatoms. The van der Waals surface area contributed by atoms with Crippen LogP contribution in [0.5, 0.6) is 5.75 Å². The van der Waals surface area contributed by atoms with Crippen LogP contribution in [0.15, 0.2) is 52.4 Å². The van der Waals surface area contributed by atoms with Gasteiger partial charge in [0.1, 0.15) is 5.75 Å². The number of nitrogens with zero attached hydrogens (tertiary/aromatic N) is 2. The molecule has 2 aromatic carbocycles. The smallest absolute Gasteiger partial charge is 0.280 e. The quantitative estimate of drug-likeness (QED) is 0.566. The Morgan fingerprint density at radius 1 is 1.23 bits per heavy atom. The van der Waals surface area contributed by atoms with E-state index in [1.54, 1.807) is 30.6 Å². The average Bonchev–Trinajstić information content (AvgIpc) is 3.02. The molecule has 3 aromatic rings. The number of hydrogen-bond donors (Lipinski definition) is 0. The second kappa shape index (κ2) is 8.79. The fourth-order valence-corrected chi connectivity index (χ4v) is 4.67. The third-order valence-corrected chi connectivity index (χ3v) is 6.37. The number of thiazole rings is 1. The van der Waals surface area contributed by atoms with Crippen LogP contribution in [0.3, 0.4) is 0 Å². The lowest BCUT2D eigenvalue weighted by Crippen LogP contribution is -2.18. The summed E-state index contributed by atoms with van der Waals surface area (Å²) in [5.74, 6) is 1.56. The summed E-state index contributed by atoms with van der Waals surface area (Å²) < 4.78 is 8.51. The van der Waals surface area contributed by atoms with Crippen molar-refractivity contribution in [3.05, 3.63) is 52.8 Å². The lowest BCUT2D eigenvalue weighted by atomic mass is 10.2. The normalized spacial score (nSPS) is 11.9. The van der Waals surface area contributed by atoms with Crippen LogP contribution in [0.25, 0.3) is 10.2 Å². The molecule has 0 aliphatic carbocycles. The number of aryl methyl sites for hydroxylation is 1. The van der Waals surface area contributed by atoms with Crippen molar-refractivity contribution in [2.75, 3.05) is 25.4 Å². The Labute approximate surface area is 165 Å². The first-order valence-corrected chi connectivity index (χ1v) is 11.5. The van der Waals surface area contributed by atoms with Crippen LogP contribution in [0, 0.1) is 0 Å². The molecule has 0 radical (unpaired) electrons. The minimum atomic E-state index is -0.202. The Morgan fingerprint density at radius 2 is 2.04 bits per heavy atom. The average molecular weight is 405 g/mol. The molecule has 136 valence electrons. The van der Waals surface area contributed by atoms with E-state index >= 15 is 0 Å². The number of aromatic nitrogens is 1.